The van der Waals surface area contributed by atoms with Gasteiger partial charge in [-0.3, -0.25) is 0 Å². The predicted octanol–water partition coefficient (Wildman–Crippen LogP) is 2.56. The first-order valence-corrected chi connectivity index (χ1v) is 5.84. The molecule has 1 atom stereocenters. The highest BCUT2D eigenvalue weighted by molar-refractivity contribution is 5.36. The first-order chi connectivity index (χ1) is 7.81. The van der Waals surface area contributed by atoms with Crippen molar-refractivity contribution in [3.05, 3.63) is 29.6 Å². The summed E-state index contributed by atoms with van der Waals surface area (Å²) in [6.45, 7) is 1.40. The zero-order valence-electron chi connectivity index (χ0n) is 9.12. The lowest BCUT2D eigenvalue weighted by atomic mass is 10.0. The second kappa shape index (κ2) is 4.06. The van der Waals surface area contributed by atoms with Gasteiger partial charge in [-0.2, -0.15) is 0 Å². The molecule has 1 aromatic rings. The molecule has 1 unspecified atom stereocenters. The van der Waals surface area contributed by atoms with Crippen LogP contribution in [0.1, 0.15) is 18.4 Å². The third-order valence-corrected chi connectivity index (χ3v) is 3.17. The van der Waals surface area contributed by atoms with Crippen LogP contribution in [0.25, 0.3) is 0 Å². The summed E-state index contributed by atoms with van der Waals surface area (Å²) >= 11 is 0. The molecule has 2 nitrogen and oxygen atoms in total. The van der Waals surface area contributed by atoms with Crippen LogP contribution in [0.2, 0.25) is 0 Å². The van der Waals surface area contributed by atoms with E-state index < -0.39 is 0 Å². The monoisotopic (exact) mass is 222 g/mol. The molecule has 0 bridgehead atoms. The van der Waals surface area contributed by atoms with Crippen molar-refractivity contribution in [2.75, 3.05) is 13.2 Å². The maximum absolute atomic E-state index is 12.9. The van der Waals surface area contributed by atoms with E-state index in [0.29, 0.717) is 12.4 Å². The van der Waals surface area contributed by atoms with E-state index in [1.165, 1.54) is 25.0 Å². The van der Waals surface area contributed by atoms with Crippen molar-refractivity contribution >= 4 is 0 Å². The molecule has 2 aliphatic rings. The fraction of sp³-hybridized carbons (Fsp3) is 0.538. The van der Waals surface area contributed by atoms with Gasteiger partial charge in [0.15, 0.2) is 0 Å². The highest BCUT2D eigenvalue weighted by Gasteiger charge is 2.26. The third-order valence-electron chi connectivity index (χ3n) is 3.17. The zero-order chi connectivity index (χ0) is 11.0. The summed E-state index contributed by atoms with van der Waals surface area (Å²) in [5.41, 5.74) is 1.05. The van der Waals surface area contributed by atoms with Crippen molar-refractivity contribution in [3.63, 3.8) is 0 Å². The fourth-order valence-corrected chi connectivity index (χ4v) is 1.98. The number of hydrogen-bond acceptors (Lipinski definition) is 2. The number of ether oxygens (including phenoxy) is 2. The molecule has 1 saturated carbocycles. The summed E-state index contributed by atoms with van der Waals surface area (Å²) < 4.78 is 24.2. The van der Waals surface area contributed by atoms with Crippen molar-refractivity contribution < 1.29 is 13.9 Å². The Morgan fingerprint density at radius 1 is 1.38 bits per heavy atom. The lowest BCUT2D eigenvalue weighted by Crippen LogP contribution is -2.29. The predicted molar refractivity (Wildman–Crippen MR) is 58.1 cm³/mol. The lowest BCUT2D eigenvalue weighted by molar-refractivity contribution is 0.00592. The largest absolute Gasteiger partial charge is 0.490 e. The van der Waals surface area contributed by atoms with E-state index in [0.717, 1.165) is 24.5 Å². The smallest absolute Gasteiger partial charge is 0.126 e. The Morgan fingerprint density at radius 2 is 2.25 bits per heavy atom. The third kappa shape index (κ3) is 2.19. The molecule has 1 fully saturated rings. The van der Waals surface area contributed by atoms with Gasteiger partial charge in [0.05, 0.1) is 6.10 Å². The molecule has 0 saturated heterocycles. The van der Waals surface area contributed by atoms with Crippen molar-refractivity contribution in [2.45, 2.75) is 25.4 Å². The van der Waals surface area contributed by atoms with Gasteiger partial charge >= 0.3 is 0 Å². The molecule has 1 aliphatic heterocycles. The lowest BCUT2D eigenvalue weighted by Gasteiger charge is -2.25. The van der Waals surface area contributed by atoms with Crippen molar-refractivity contribution in [1.82, 2.24) is 0 Å². The molecule has 16 heavy (non-hydrogen) atoms. The summed E-state index contributed by atoms with van der Waals surface area (Å²) in [7, 11) is 0. The number of halogens is 1. The van der Waals surface area contributed by atoms with Crippen LogP contribution in [-0.4, -0.2) is 19.3 Å². The molecule has 0 amide bonds. The molecule has 0 aromatic heterocycles. The molecule has 0 N–H and O–H groups in total. The number of fused-ring (bicyclic) bond motifs is 1. The number of rotatable bonds is 3. The van der Waals surface area contributed by atoms with Crippen LogP contribution in [0.15, 0.2) is 18.2 Å². The number of hydrogen-bond donors (Lipinski definition) is 0. The van der Waals surface area contributed by atoms with Gasteiger partial charge in [0.1, 0.15) is 18.2 Å². The minimum atomic E-state index is -0.240. The van der Waals surface area contributed by atoms with Gasteiger partial charge in [0, 0.05) is 19.1 Å². The fourth-order valence-electron chi connectivity index (χ4n) is 1.98. The average molecular weight is 222 g/mol. The Hall–Kier alpha value is -1.09. The van der Waals surface area contributed by atoms with Crippen LogP contribution < -0.4 is 4.74 Å². The van der Waals surface area contributed by atoms with E-state index in [9.17, 15) is 4.39 Å². The molecule has 0 spiro atoms. The molecule has 0 radical (unpaired) electrons. The normalized spacial score (nSPS) is 23.7. The maximum atomic E-state index is 12.9. The van der Waals surface area contributed by atoms with Crippen LogP contribution in [0.3, 0.4) is 0 Å². The standard InChI is InChI=1S/C13H15FO2/c14-11-4-3-10-5-12(8-16-13(10)6-11)15-7-9-1-2-9/h3-4,6,9,12H,1-2,5,7-8H2. The first-order valence-electron chi connectivity index (χ1n) is 5.84. The van der Waals surface area contributed by atoms with Gasteiger partial charge in [0.2, 0.25) is 0 Å². The summed E-state index contributed by atoms with van der Waals surface area (Å²) in [5.74, 6) is 1.21. The summed E-state index contributed by atoms with van der Waals surface area (Å²) in [5, 5.41) is 0. The minimum absolute atomic E-state index is 0.138. The van der Waals surface area contributed by atoms with Crippen LogP contribution in [0, 0.1) is 11.7 Å². The topological polar surface area (TPSA) is 18.5 Å². The van der Waals surface area contributed by atoms with Gasteiger partial charge in [-0.15, -0.1) is 0 Å². The van der Waals surface area contributed by atoms with Gasteiger partial charge in [-0.25, -0.2) is 4.39 Å². The van der Waals surface area contributed by atoms with Crippen molar-refractivity contribution in [2.24, 2.45) is 5.92 Å². The van der Waals surface area contributed by atoms with Crippen molar-refractivity contribution in [3.8, 4) is 5.75 Å². The van der Waals surface area contributed by atoms with E-state index >= 15 is 0 Å². The molecule has 3 rings (SSSR count). The second-order valence-electron chi connectivity index (χ2n) is 4.67. The molecule has 3 heteroatoms. The van der Waals surface area contributed by atoms with Crippen molar-refractivity contribution in [1.29, 1.82) is 0 Å². The summed E-state index contributed by atoms with van der Waals surface area (Å²) in [4.78, 5) is 0. The molecule has 86 valence electrons. The van der Waals surface area contributed by atoms with E-state index in [1.807, 2.05) is 0 Å². The Morgan fingerprint density at radius 3 is 3.06 bits per heavy atom. The second-order valence-corrected chi connectivity index (χ2v) is 4.67. The van der Waals surface area contributed by atoms with Gasteiger partial charge in [0.25, 0.3) is 0 Å². The van der Waals surface area contributed by atoms with E-state index in [-0.39, 0.29) is 11.9 Å². The van der Waals surface area contributed by atoms with Gasteiger partial charge in [-0.1, -0.05) is 6.07 Å². The number of benzene rings is 1. The molecule has 1 heterocycles. The van der Waals surface area contributed by atoms with Crippen LogP contribution in [0.5, 0.6) is 5.75 Å². The van der Waals surface area contributed by atoms with Crippen LogP contribution in [0.4, 0.5) is 4.39 Å². The van der Waals surface area contributed by atoms with E-state index in [1.54, 1.807) is 6.07 Å². The molecular formula is C13H15FO2. The molecule has 1 aliphatic carbocycles. The highest BCUT2D eigenvalue weighted by atomic mass is 19.1. The molecule has 1 aromatic carbocycles. The van der Waals surface area contributed by atoms with Gasteiger partial charge < -0.3 is 9.47 Å². The Bertz CT molecular complexity index is 388. The summed E-state index contributed by atoms with van der Waals surface area (Å²) in [6.07, 6.45) is 3.58. The van der Waals surface area contributed by atoms with E-state index in [2.05, 4.69) is 0 Å². The Labute approximate surface area is 94.4 Å². The Kier molecular flexibility index (Phi) is 2.56. The first kappa shape index (κ1) is 10.1. The zero-order valence-corrected chi connectivity index (χ0v) is 9.12. The SMILES string of the molecule is Fc1ccc2c(c1)OCC(OCC1CC1)C2. The minimum Gasteiger partial charge on any atom is -0.490 e. The van der Waals surface area contributed by atoms with E-state index in [4.69, 9.17) is 9.47 Å². The summed E-state index contributed by atoms with van der Waals surface area (Å²) in [6, 6.07) is 4.72. The van der Waals surface area contributed by atoms with Crippen LogP contribution in [-0.2, 0) is 11.2 Å². The van der Waals surface area contributed by atoms with Crippen LogP contribution >= 0.6 is 0 Å². The highest BCUT2D eigenvalue weighted by Crippen LogP contribution is 2.31. The average Bonchev–Trinajstić information content (AvgIpc) is 3.10. The maximum Gasteiger partial charge on any atom is 0.126 e. The quantitative estimate of drug-likeness (QED) is 0.782. The van der Waals surface area contributed by atoms with Gasteiger partial charge in [-0.05, 0) is 30.4 Å². The molecular weight excluding hydrogens is 207 g/mol. The Balaban J connectivity index is 1.63.